The number of hydrogen-bond donors (Lipinski definition) is 2. The quantitative estimate of drug-likeness (QED) is 0.589. The molecule has 0 atom stereocenters. The fourth-order valence-corrected chi connectivity index (χ4v) is 2.39. The molecule has 1 aromatic heterocycles. The fourth-order valence-electron chi connectivity index (χ4n) is 2.01. The molecule has 0 unspecified atom stereocenters. The molecule has 0 saturated heterocycles. The van der Waals surface area contributed by atoms with Gasteiger partial charge < -0.3 is 10.6 Å². The maximum Gasteiger partial charge on any atom is 0.191 e. The summed E-state index contributed by atoms with van der Waals surface area (Å²) in [6.45, 7) is 5.21. The zero-order valence-electron chi connectivity index (χ0n) is 12.8. The summed E-state index contributed by atoms with van der Waals surface area (Å²) in [7, 11) is 0. The zero-order valence-corrected chi connectivity index (χ0v) is 13.6. The van der Waals surface area contributed by atoms with Crippen molar-refractivity contribution in [1.82, 2.24) is 9.97 Å². The normalized spacial score (nSPS) is 10.4. The summed E-state index contributed by atoms with van der Waals surface area (Å²) in [5.41, 5.74) is 2.39. The number of para-hydroxylation sites is 1. The summed E-state index contributed by atoms with van der Waals surface area (Å²) in [6, 6.07) is 10.3. The molecule has 0 bridgehead atoms. The Morgan fingerprint density at radius 3 is 2.57 bits per heavy atom. The first-order chi connectivity index (χ1) is 10.3. The van der Waals surface area contributed by atoms with Gasteiger partial charge in [-0.25, -0.2) is 9.97 Å². The molecule has 0 aliphatic carbocycles. The largest absolute Gasteiger partial charge is 0.370 e. The maximum absolute atomic E-state index is 4.53. The number of aromatic nitrogens is 2. The number of thioether (sulfide) groups is 1. The van der Waals surface area contributed by atoms with Crippen molar-refractivity contribution >= 4 is 29.1 Å². The van der Waals surface area contributed by atoms with Crippen molar-refractivity contribution in [3.63, 3.8) is 0 Å². The molecule has 0 aliphatic rings. The first-order valence-electron chi connectivity index (χ1n) is 7.28. The van der Waals surface area contributed by atoms with Gasteiger partial charge in [-0.1, -0.05) is 43.8 Å². The molecule has 2 aromatic rings. The molecule has 0 amide bonds. The van der Waals surface area contributed by atoms with Crippen LogP contribution in [0.4, 0.5) is 17.3 Å². The third kappa shape index (κ3) is 4.36. The van der Waals surface area contributed by atoms with E-state index < -0.39 is 0 Å². The Kier molecular flexibility index (Phi) is 5.87. The molecule has 2 N–H and O–H groups in total. The highest BCUT2D eigenvalue weighted by Crippen LogP contribution is 2.23. The van der Waals surface area contributed by atoms with Gasteiger partial charge >= 0.3 is 0 Å². The van der Waals surface area contributed by atoms with Gasteiger partial charge in [-0.05, 0) is 30.7 Å². The Bertz CT molecular complexity index is 586. The van der Waals surface area contributed by atoms with Gasteiger partial charge in [-0.15, -0.1) is 0 Å². The minimum atomic E-state index is 0.771. The van der Waals surface area contributed by atoms with Crippen LogP contribution in [-0.2, 0) is 6.42 Å². The summed E-state index contributed by atoms with van der Waals surface area (Å²) in [5, 5.41) is 7.50. The summed E-state index contributed by atoms with van der Waals surface area (Å²) >= 11 is 1.55. The molecule has 5 heteroatoms. The Labute approximate surface area is 130 Å². The van der Waals surface area contributed by atoms with Gasteiger partial charge in [0.1, 0.15) is 11.6 Å². The lowest BCUT2D eigenvalue weighted by Crippen LogP contribution is -2.05. The number of nitrogens with zero attached hydrogens (tertiary/aromatic N) is 2. The van der Waals surface area contributed by atoms with Crippen molar-refractivity contribution in [3.05, 3.63) is 35.9 Å². The van der Waals surface area contributed by atoms with Gasteiger partial charge in [-0.3, -0.25) is 0 Å². The fraction of sp³-hybridized carbons (Fsp3) is 0.375. The van der Waals surface area contributed by atoms with Crippen molar-refractivity contribution < 1.29 is 0 Å². The van der Waals surface area contributed by atoms with Crippen LogP contribution >= 0.6 is 11.8 Å². The molecule has 0 radical (unpaired) electrons. The zero-order chi connectivity index (χ0) is 15.1. The second kappa shape index (κ2) is 7.88. The molecule has 0 saturated carbocycles. The van der Waals surface area contributed by atoms with Crippen molar-refractivity contribution in [1.29, 1.82) is 0 Å². The Morgan fingerprint density at radius 2 is 1.86 bits per heavy atom. The second-order valence-corrected chi connectivity index (χ2v) is 5.46. The van der Waals surface area contributed by atoms with Gasteiger partial charge in [-0.2, -0.15) is 0 Å². The molecule has 0 fully saturated rings. The molecule has 0 spiro atoms. The smallest absolute Gasteiger partial charge is 0.191 e. The molecule has 112 valence electrons. The van der Waals surface area contributed by atoms with Crippen molar-refractivity contribution in [3.8, 4) is 0 Å². The Balaban J connectivity index is 2.25. The van der Waals surface area contributed by atoms with Crippen LogP contribution in [0.25, 0.3) is 0 Å². The SMILES string of the molecule is CCCNc1cc(Nc2ccccc2CC)nc(SC)n1. The van der Waals surface area contributed by atoms with Gasteiger partial charge in [0.25, 0.3) is 0 Å². The highest BCUT2D eigenvalue weighted by atomic mass is 32.2. The number of hydrogen-bond acceptors (Lipinski definition) is 5. The maximum atomic E-state index is 4.53. The van der Waals surface area contributed by atoms with E-state index in [9.17, 15) is 0 Å². The number of aryl methyl sites for hydroxylation is 1. The molecule has 4 nitrogen and oxygen atoms in total. The van der Waals surface area contributed by atoms with Crippen LogP contribution in [0.3, 0.4) is 0 Å². The molecule has 1 aromatic carbocycles. The first kappa shape index (κ1) is 15.6. The first-order valence-corrected chi connectivity index (χ1v) is 8.51. The molecule has 0 aliphatic heterocycles. The van der Waals surface area contributed by atoms with Crippen molar-refractivity contribution in [2.45, 2.75) is 31.8 Å². The number of anilines is 3. The number of rotatable bonds is 7. The van der Waals surface area contributed by atoms with Gasteiger partial charge in [0.2, 0.25) is 0 Å². The van der Waals surface area contributed by atoms with Crippen LogP contribution in [0.5, 0.6) is 0 Å². The summed E-state index contributed by atoms with van der Waals surface area (Å²) in [6.07, 6.45) is 4.05. The standard InChI is InChI=1S/C16H22N4S/c1-4-10-17-14-11-15(20-16(19-14)21-3)18-13-9-7-6-8-12(13)5-2/h6-9,11H,4-5,10H2,1-3H3,(H2,17,18,19,20). The minimum absolute atomic E-state index is 0.771. The van der Waals surface area contributed by atoms with Gasteiger partial charge in [0.05, 0.1) is 0 Å². The summed E-state index contributed by atoms with van der Waals surface area (Å²) in [5.74, 6) is 1.70. The minimum Gasteiger partial charge on any atom is -0.370 e. The van der Waals surface area contributed by atoms with E-state index in [2.05, 4.69) is 52.6 Å². The van der Waals surface area contributed by atoms with Crippen LogP contribution in [0.2, 0.25) is 0 Å². The molecular weight excluding hydrogens is 280 g/mol. The Morgan fingerprint density at radius 1 is 1.10 bits per heavy atom. The molecule has 2 rings (SSSR count). The van der Waals surface area contributed by atoms with Gasteiger partial charge in [0.15, 0.2) is 5.16 Å². The third-order valence-corrected chi connectivity index (χ3v) is 3.65. The van der Waals surface area contributed by atoms with E-state index in [4.69, 9.17) is 0 Å². The van der Waals surface area contributed by atoms with Crippen LogP contribution in [0.15, 0.2) is 35.5 Å². The monoisotopic (exact) mass is 302 g/mol. The second-order valence-electron chi connectivity index (χ2n) is 4.69. The van der Waals surface area contributed by atoms with E-state index in [-0.39, 0.29) is 0 Å². The third-order valence-electron chi connectivity index (χ3n) is 3.11. The van der Waals surface area contributed by atoms with E-state index in [0.29, 0.717) is 0 Å². The molecule has 21 heavy (non-hydrogen) atoms. The lowest BCUT2D eigenvalue weighted by atomic mass is 10.1. The van der Waals surface area contributed by atoms with Crippen LogP contribution in [0.1, 0.15) is 25.8 Å². The average Bonchev–Trinajstić information content (AvgIpc) is 2.53. The van der Waals surface area contributed by atoms with Crippen LogP contribution in [0, 0.1) is 0 Å². The number of benzene rings is 1. The average molecular weight is 302 g/mol. The van der Waals surface area contributed by atoms with E-state index >= 15 is 0 Å². The van der Waals surface area contributed by atoms with E-state index in [1.807, 2.05) is 18.4 Å². The topological polar surface area (TPSA) is 49.8 Å². The van der Waals surface area contributed by atoms with Gasteiger partial charge in [0, 0.05) is 18.3 Å². The highest BCUT2D eigenvalue weighted by molar-refractivity contribution is 7.98. The lowest BCUT2D eigenvalue weighted by Gasteiger charge is -2.12. The van der Waals surface area contributed by atoms with Crippen molar-refractivity contribution in [2.24, 2.45) is 0 Å². The van der Waals surface area contributed by atoms with E-state index in [1.165, 1.54) is 5.56 Å². The van der Waals surface area contributed by atoms with E-state index in [1.54, 1.807) is 11.8 Å². The predicted molar refractivity (Wildman–Crippen MR) is 91.7 cm³/mol. The Hall–Kier alpha value is -1.75. The van der Waals surface area contributed by atoms with Crippen LogP contribution in [-0.4, -0.2) is 22.8 Å². The van der Waals surface area contributed by atoms with Crippen molar-refractivity contribution in [2.75, 3.05) is 23.4 Å². The van der Waals surface area contributed by atoms with E-state index in [0.717, 1.165) is 41.9 Å². The number of nitrogens with one attached hydrogen (secondary N) is 2. The lowest BCUT2D eigenvalue weighted by molar-refractivity contribution is 0.929. The molecular formula is C16H22N4S. The van der Waals surface area contributed by atoms with Crippen LogP contribution < -0.4 is 10.6 Å². The highest BCUT2D eigenvalue weighted by Gasteiger charge is 2.06. The summed E-state index contributed by atoms with van der Waals surface area (Å²) in [4.78, 5) is 9.01. The predicted octanol–water partition coefficient (Wildman–Crippen LogP) is 4.33. The summed E-state index contributed by atoms with van der Waals surface area (Å²) < 4.78 is 0. The molecule has 1 heterocycles.